The topological polar surface area (TPSA) is 40.9 Å². The molecular weight excluding hydrogens is 352 g/mol. The average molecular weight is 365 g/mol. The van der Waals surface area contributed by atoms with Crippen molar-refractivity contribution in [2.45, 2.75) is 6.92 Å². The minimum atomic E-state index is 0.449. The number of aromatic nitrogens is 1. The molecule has 97 valence electrons. The van der Waals surface area contributed by atoms with Crippen LogP contribution in [0, 0.1) is 0 Å². The van der Waals surface area contributed by atoms with Gasteiger partial charge in [0.2, 0.25) is 0 Å². The Kier molecular flexibility index (Phi) is 9.26. The van der Waals surface area contributed by atoms with Crippen molar-refractivity contribution in [3.05, 3.63) is 30.1 Å². The second-order valence-electron chi connectivity index (χ2n) is 3.18. The molecule has 0 amide bonds. The van der Waals surface area contributed by atoms with E-state index in [4.69, 9.17) is 12.6 Å². The first-order valence-corrected chi connectivity index (χ1v) is 7.34. The summed E-state index contributed by atoms with van der Waals surface area (Å²) in [6.45, 7) is 1.85. The molecule has 17 heavy (non-hydrogen) atoms. The van der Waals surface area contributed by atoms with Gasteiger partial charge in [0.1, 0.15) is 0 Å². The Balaban J connectivity index is 0.00000121. The molecule has 0 bridgehead atoms. The van der Waals surface area contributed by atoms with Gasteiger partial charge in [-0.1, -0.05) is 6.07 Å². The number of hydrogen-bond donors (Lipinski definition) is 0. The summed E-state index contributed by atoms with van der Waals surface area (Å²) in [6.07, 6.45) is 1.72. The van der Waals surface area contributed by atoms with Gasteiger partial charge in [-0.05, 0) is 19.1 Å². The van der Waals surface area contributed by atoms with Crippen LogP contribution >= 0.6 is 14.1 Å². The average Bonchev–Trinajstić information content (AvgIpc) is 2.38. The van der Waals surface area contributed by atoms with Gasteiger partial charge >= 0.3 is 28.3 Å². The first kappa shape index (κ1) is 16.5. The van der Waals surface area contributed by atoms with Crippen molar-refractivity contribution >= 4 is 37.6 Å². The third kappa shape index (κ3) is 6.73. The van der Waals surface area contributed by atoms with Gasteiger partial charge in [0.25, 0.3) is 0 Å². The quantitative estimate of drug-likeness (QED) is 0.265. The summed E-state index contributed by atoms with van der Waals surface area (Å²) in [5.41, 5.74) is 1.56. The van der Waals surface area contributed by atoms with E-state index in [1.165, 1.54) is 0 Å². The van der Waals surface area contributed by atoms with Crippen molar-refractivity contribution in [3.8, 4) is 0 Å². The van der Waals surface area contributed by atoms with Crippen LogP contribution in [-0.2, 0) is 26.8 Å². The Morgan fingerprint density at radius 2 is 2.00 bits per heavy atom. The molecular formula is C10H13BrCuN4S. The van der Waals surface area contributed by atoms with E-state index in [9.17, 15) is 0 Å². The van der Waals surface area contributed by atoms with Gasteiger partial charge in [-0.25, -0.2) is 0 Å². The van der Waals surface area contributed by atoms with Crippen LogP contribution in [-0.4, -0.2) is 34.9 Å². The normalized spacial score (nSPS) is 11.6. The standard InChI is InChI=1S/C10H14N4S.BrH.Cu/c1-8(9-6-4-5-7-11-9)12-13-10(15)14(2)3;;/h4-7H,1-3H3,(H,13,15);1H;/q;;+2/p-2/b12-8+;;. The Morgan fingerprint density at radius 1 is 1.35 bits per heavy atom. The fraction of sp³-hybridized carbons (Fsp3) is 0.300. The molecule has 1 aromatic rings. The van der Waals surface area contributed by atoms with Crippen LogP contribution in [0.25, 0.3) is 0 Å². The van der Waals surface area contributed by atoms with Gasteiger partial charge in [-0.3, -0.25) is 4.98 Å². The van der Waals surface area contributed by atoms with Crippen molar-refractivity contribution in [2.75, 3.05) is 14.1 Å². The third-order valence-corrected chi connectivity index (χ3v) is 2.15. The molecule has 0 aliphatic heterocycles. The zero-order chi connectivity index (χ0) is 13.3. The van der Waals surface area contributed by atoms with Crippen molar-refractivity contribution in [1.82, 2.24) is 9.88 Å². The molecule has 0 N–H and O–H groups in total. The zero-order valence-corrected chi connectivity index (χ0v) is 13.0. The maximum absolute atomic E-state index is 4.98. The van der Waals surface area contributed by atoms with Gasteiger partial charge < -0.3 is 17.5 Å². The maximum atomic E-state index is 4.98. The Hall–Kier alpha value is -0.491. The third-order valence-electron chi connectivity index (χ3n) is 1.70. The second kappa shape index (κ2) is 9.53. The number of halogens is 1. The van der Waals surface area contributed by atoms with E-state index in [0.29, 0.717) is 5.17 Å². The fourth-order valence-corrected chi connectivity index (χ4v) is 0.876. The molecule has 0 spiro atoms. The predicted octanol–water partition coefficient (Wildman–Crippen LogP) is 2.11. The molecule has 7 heteroatoms. The zero-order valence-electron chi connectivity index (χ0n) is 9.69. The molecule has 0 aromatic carbocycles. The van der Waals surface area contributed by atoms with Crippen molar-refractivity contribution < 1.29 is 14.2 Å². The van der Waals surface area contributed by atoms with Gasteiger partial charge in [0.05, 0.1) is 11.4 Å². The Morgan fingerprint density at radius 3 is 2.47 bits per heavy atom. The molecule has 0 saturated heterocycles. The molecule has 0 aliphatic rings. The molecule has 0 atom stereocenters. The summed E-state index contributed by atoms with van der Waals surface area (Å²) in [4.78, 5) is 5.88. The first-order chi connectivity index (χ1) is 8.11. The van der Waals surface area contributed by atoms with E-state index in [2.05, 4.69) is 43.5 Å². The van der Waals surface area contributed by atoms with Crippen LogP contribution in [0.4, 0.5) is 0 Å². The number of hydrogen-bond acceptors (Lipinski definition) is 4. The number of amidine groups is 1. The molecule has 1 heterocycles. The summed E-state index contributed by atoms with van der Waals surface area (Å²) in [7, 11) is 3.66. The Labute approximate surface area is 123 Å². The van der Waals surface area contributed by atoms with Crippen molar-refractivity contribution in [1.29, 1.82) is 0 Å². The van der Waals surface area contributed by atoms with Crippen LogP contribution in [0.1, 0.15) is 12.6 Å². The predicted molar refractivity (Wildman–Crippen MR) is 73.9 cm³/mol. The van der Waals surface area contributed by atoms with E-state index in [1.807, 2.05) is 39.2 Å². The van der Waals surface area contributed by atoms with Gasteiger partial charge in [0.15, 0.2) is 0 Å². The van der Waals surface area contributed by atoms with Gasteiger partial charge in [-0.2, -0.15) is 10.2 Å². The summed E-state index contributed by atoms with van der Waals surface area (Å²) in [6, 6.07) is 5.65. The number of nitrogens with zero attached hydrogens (tertiary/aromatic N) is 4. The SMILES string of the molecule is C/C(=N\N=C(/[S-])N(C)C)c1ccccn1.[Cu+][Br]. The van der Waals surface area contributed by atoms with Crippen molar-refractivity contribution in [2.24, 2.45) is 10.2 Å². The molecule has 0 fully saturated rings. The summed E-state index contributed by atoms with van der Waals surface area (Å²) in [5.74, 6) is 0. The van der Waals surface area contributed by atoms with Crippen LogP contribution in [0.2, 0.25) is 0 Å². The fourth-order valence-electron chi connectivity index (χ4n) is 0.835. The van der Waals surface area contributed by atoms with Crippen LogP contribution in [0.5, 0.6) is 0 Å². The molecule has 0 aliphatic carbocycles. The molecule has 4 nitrogen and oxygen atoms in total. The van der Waals surface area contributed by atoms with E-state index in [-0.39, 0.29) is 0 Å². The van der Waals surface area contributed by atoms with E-state index >= 15 is 0 Å². The van der Waals surface area contributed by atoms with Crippen LogP contribution < -0.4 is 0 Å². The summed E-state index contributed by atoms with van der Waals surface area (Å²) < 4.78 is 0. The second-order valence-corrected chi connectivity index (χ2v) is 3.54. The molecule has 1 aromatic heterocycles. The first-order valence-electron chi connectivity index (χ1n) is 4.60. The van der Waals surface area contributed by atoms with Gasteiger partial charge in [0, 0.05) is 25.5 Å². The van der Waals surface area contributed by atoms with E-state index in [0.717, 1.165) is 11.4 Å². The van der Waals surface area contributed by atoms with Crippen LogP contribution in [0.3, 0.4) is 0 Å². The van der Waals surface area contributed by atoms with Crippen molar-refractivity contribution in [3.63, 3.8) is 0 Å². The number of rotatable bonds is 2. The van der Waals surface area contributed by atoms with Crippen LogP contribution in [0.15, 0.2) is 34.6 Å². The van der Waals surface area contributed by atoms with Gasteiger partial charge in [-0.15, -0.1) is 0 Å². The minimum absolute atomic E-state index is 0.449. The summed E-state index contributed by atoms with van der Waals surface area (Å²) in [5, 5.41) is 8.37. The van der Waals surface area contributed by atoms with E-state index < -0.39 is 0 Å². The molecule has 0 radical (unpaired) electrons. The Bertz CT molecular complexity index is 381. The molecule has 1 rings (SSSR count). The number of pyridine rings is 1. The molecule has 0 saturated carbocycles. The van der Waals surface area contributed by atoms with E-state index in [1.54, 1.807) is 11.1 Å². The monoisotopic (exact) mass is 363 g/mol. The molecule has 0 unspecified atom stereocenters. The summed E-state index contributed by atoms with van der Waals surface area (Å²) >= 11 is 11.5.